The summed E-state index contributed by atoms with van der Waals surface area (Å²) in [5, 5.41) is 15.5. The Labute approximate surface area is 140 Å². The van der Waals surface area contributed by atoms with Gasteiger partial charge in [0.2, 0.25) is 0 Å². The van der Waals surface area contributed by atoms with Gasteiger partial charge in [-0.05, 0) is 22.9 Å². The minimum atomic E-state index is -0.954. The van der Waals surface area contributed by atoms with Crippen molar-refractivity contribution in [1.29, 1.82) is 0 Å². The fraction of sp³-hybridized carbons (Fsp3) is 0.0625. The van der Waals surface area contributed by atoms with Gasteiger partial charge in [0.15, 0.2) is 6.61 Å². The lowest BCUT2D eigenvalue weighted by Crippen LogP contribution is -2.22. The molecule has 0 saturated heterocycles. The Kier molecular flexibility index (Phi) is 4.38. The third-order valence-corrected chi connectivity index (χ3v) is 3.35. The normalized spacial score (nSPS) is 10.4. The molecule has 0 aliphatic carbocycles. The number of rotatable bonds is 5. The Hall–Kier alpha value is -3.75. The van der Waals surface area contributed by atoms with Crippen LogP contribution in [0.2, 0.25) is 0 Å². The van der Waals surface area contributed by atoms with Crippen LogP contribution < -0.4 is 15.6 Å². The van der Waals surface area contributed by atoms with Crippen molar-refractivity contribution in [3.8, 4) is 5.88 Å². The van der Waals surface area contributed by atoms with Crippen molar-refractivity contribution >= 4 is 28.1 Å². The van der Waals surface area contributed by atoms with Crippen LogP contribution in [-0.2, 0) is 4.79 Å². The standard InChI is InChI=1S/C16H12N4O5/c21-13(8-25-16-14(20(23)24)15(22)17-9-18-16)19-12-6-5-10-3-1-2-4-11(10)7-12/h1-7,9H,8H2,(H,19,21)(H,17,18,22). The van der Waals surface area contributed by atoms with Crippen molar-refractivity contribution in [3.63, 3.8) is 0 Å². The van der Waals surface area contributed by atoms with Crippen LogP contribution in [0.4, 0.5) is 11.4 Å². The molecule has 126 valence electrons. The predicted molar refractivity (Wildman–Crippen MR) is 89.6 cm³/mol. The summed E-state index contributed by atoms with van der Waals surface area (Å²) in [5.74, 6) is -1.05. The summed E-state index contributed by atoms with van der Waals surface area (Å²) in [6.07, 6.45) is 0.964. The van der Waals surface area contributed by atoms with Crippen LogP contribution in [0.1, 0.15) is 0 Å². The summed E-state index contributed by atoms with van der Waals surface area (Å²) >= 11 is 0. The smallest absolute Gasteiger partial charge is 0.395 e. The molecule has 1 amide bonds. The van der Waals surface area contributed by atoms with Gasteiger partial charge in [-0.3, -0.25) is 19.7 Å². The quantitative estimate of drug-likeness (QED) is 0.539. The molecule has 0 aliphatic heterocycles. The van der Waals surface area contributed by atoms with Crippen molar-refractivity contribution in [2.45, 2.75) is 0 Å². The minimum absolute atomic E-state index is 0.512. The molecule has 3 aromatic rings. The molecule has 0 saturated carbocycles. The Balaban J connectivity index is 1.70. The van der Waals surface area contributed by atoms with Crippen molar-refractivity contribution < 1.29 is 14.5 Å². The van der Waals surface area contributed by atoms with E-state index >= 15 is 0 Å². The number of hydrogen-bond acceptors (Lipinski definition) is 6. The van der Waals surface area contributed by atoms with E-state index in [0.29, 0.717) is 5.69 Å². The molecule has 9 nitrogen and oxygen atoms in total. The van der Waals surface area contributed by atoms with E-state index in [1.54, 1.807) is 12.1 Å². The van der Waals surface area contributed by atoms with Crippen LogP contribution in [0.15, 0.2) is 53.6 Å². The lowest BCUT2D eigenvalue weighted by atomic mass is 10.1. The molecule has 2 aromatic carbocycles. The van der Waals surface area contributed by atoms with Crippen LogP contribution in [0.3, 0.4) is 0 Å². The first-order valence-corrected chi connectivity index (χ1v) is 7.18. The number of aromatic nitrogens is 2. The number of nitro groups is 1. The Bertz CT molecular complexity index is 1010. The number of carbonyl (C=O) groups is 1. The third kappa shape index (κ3) is 3.61. The SMILES string of the molecule is O=C(COc1nc[nH]c(=O)c1[N+](=O)[O-])Nc1ccc2ccccc2c1. The van der Waals surface area contributed by atoms with Crippen molar-refractivity contribution in [1.82, 2.24) is 9.97 Å². The van der Waals surface area contributed by atoms with Gasteiger partial charge in [0.1, 0.15) is 0 Å². The van der Waals surface area contributed by atoms with Gasteiger partial charge in [-0.15, -0.1) is 0 Å². The monoisotopic (exact) mass is 340 g/mol. The fourth-order valence-electron chi connectivity index (χ4n) is 2.24. The van der Waals surface area contributed by atoms with E-state index in [1.165, 1.54) is 0 Å². The Morgan fingerprint density at radius 3 is 2.76 bits per heavy atom. The maximum Gasteiger partial charge on any atom is 0.395 e. The number of nitrogens with one attached hydrogen (secondary N) is 2. The second-order valence-electron chi connectivity index (χ2n) is 5.04. The molecule has 0 aliphatic rings. The average Bonchev–Trinajstić information content (AvgIpc) is 2.59. The minimum Gasteiger partial charge on any atom is -0.462 e. The maximum absolute atomic E-state index is 12.0. The van der Waals surface area contributed by atoms with Crippen LogP contribution in [0.25, 0.3) is 10.8 Å². The molecule has 0 unspecified atom stereocenters. The second-order valence-corrected chi connectivity index (χ2v) is 5.04. The molecule has 0 radical (unpaired) electrons. The summed E-state index contributed by atoms with van der Waals surface area (Å²) in [6.45, 7) is -0.524. The largest absolute Gasteiger partial charge is 0.462 e. The summed E-state index contributed by atoms with van der Waals surface area (Å²) < 4.78 is 5.02. The van der Waals surface area contributed by atoms with Crippen LogP contribution >= 0.6 is 0 Å². The van der Waals surface area contributed by atoms with E-state index in [-0.39, 0.29) is 0 Å². The molecule has 0 atom stereocenters. The molecular formula is C16H12N4O5. The first-order chi connectivity index (χ1) is 12.0. The van der Waals surface area contributed by atoms with Gasteiger partial charge in [-0.2, -0.15) is 4.98 Å². The topological polar surface area (TPSA) is 127 Å². The molecule has 2 N–H and O–H groups in total. The van der Waals surface area contributed by atoms with Gasteiger partial charge in [0, 0.05) is 5.69 Å². The number of amides is 1. The van der Waals surface area contributed by atoms with E-state index in [1.807, 2.05) is 30.3 Å². The highest BCUT2D eigenvalue weighted by atomic mass is 16.6. The molecule has 1 heterocycles. The second kappa shape index (κ2) is 6.79. The molecule has 3 rings (SSSR count). The molecule has 0 fully saturated rings. The lowest BCUT2D eigenvalue weighted by molar-refractivity contribution is -0.387. The molecule has 0 bridgehead atoms. The number of fused-ring (bicyclic) bond motifs is 1. The number of carbonyl (C=O) groups excluding carboxylic acids is 1. The van der Waals surface area contributed by atoms with Gasteiger partial charge in [0.25, 0.3) is 5.91 Å². The first-order valence-electron chi connectivity index (χ1n) is 7.18. The van der Waals surface area contributed by atoms with E-state index in [4.69, 9.17) is 4.74 Å². The molecule has 0 spiro atoms. The van der Waals surface area contributed by atoms with Crippen molar-refractivity contribution in [2.24, 2.45) is 0 Å². The van der Waals surface area contributed by atoms with Gasteiger partial charge in [0.05, 0.1) is 11.3 Å². The number of hydrogen-bond donors (Lipinski definition) is 2. The number of aromatic amines is 1. The van der Waals surface area contributed by atoms with E-state index in [0.717, 1.165) is 17.1 Å². The summed E-state index contributed by atoms with van der Waals surface area (Å²) in [6, 6.07) is 13.0. The van der Waals surface area contributed by atoms with Gasteiger partial charge >= 0.3 is 17.1 Å². The Morgan fingerprint density at radius 2 is 2.00 bits per heavy atom. The summed E-state index contributed by atoms with van der Waals surface area (Å²) in [5.41, 5.74) is -1.24. The van der Waals surface area contributed by atoms with Crippen LogP contribution in [-0.4, -0.2) is 27.4 Å². The lowest BCUT2D eigenvalue weighted by Gasteiger charge is -2.07. The van der Waals surface area contributed by atoms with E-state index in [9.17, 15) is 19.7 Å². The zero-order valence-electron chi connectivity index (χ0n) is 12.8. The molecule has 9 heteroatoms. The summed E-state index contributed by atoms with van der Waals surface area (Å²) in [4.78, 5) is 39.0. The van der Waals surface area contributed by atoms with Crippen molar-refractivity contribution in [3.05, 3.63) is 69.3 Å². The van der Waals surface area contributed by atoms with Crippen LogP contribution in [0, 0.1) is 10.1 Å². The number of nitrogens with zero attached hydrogens (tertiary/aromatic N) is 2. The number of anilines is 1. The predicted octanol–water partition coefficient (Wildman–Crippen LogP) is 1.85. The van der Waals surface area contributed by atoms with Gasteiger partial charge in [-0.1, -0.05) is 30.3 Å². The zero-order chi connectivity index (χ0) is 17.8. The summed E-state index contributed by atoms with van der Waals surface area (Å²) in [7, 11) is 0. The Morgan fingerprint density at radius 1 is 1.24 bits per heavy atom. The molecule has 25 heavy (non-hydrogen) atoms. The van der Waals surface area contributed by atoms with Gasteiger partial charge < -0.3 is 15.0 Å². The number of benzene rings is 2. The highest BCUT2D eigenvalue weighted by molar-refractivity contribution is 5.95. The zero-order valence-corrected chi connectivity index (χ0v) is 12.8. The average molecular weight is 340 g/mol. The molecular weight excluding hydrogens is 328 g/mol. The van der Waals surface area contributed by atoms with E-state index in [2.05, 4.69) is 15.3 Å². The highest BCUT2D eigenvalue weighted by Gasteiger charge is 2.22. The maximum atomic E-state index is 12.0. The highest BCUT2D eigenvalue weighted by Crippen LogP contribution is 2.20. The number of ether oxygens (including phenoxy) is 1. The van der Waals surface area contributed by atoms with Crippen LogP contribution in [0.5, 0.6) is 5.88 Å². The van der Waals surface area contributed by atoms with Crippen molar-refractivity contribution in [2.75, 3.05) is 11.9 Å². The van der Waals surface area contributed by atoms with E-state index < -0.39 is 34.6 Å². The van der Waals surface area contributed by atoms with Gasteiger partial charge in [-0.25, -0.2) is 0 Å². The number of H-pyrrole nitrogens is 1. The first kappa shape index (κ1) is 16.1. The molecule has 1 aromatic heterocycles. The third-order valence-electron chi connectivity index (χ3n) is 3.35. The fourth-order valence-corrected chi connectivity index (χ4v) is 2.24.